The molecule has 7 nitrogen and oxygen atoms in total. The van der Waals surface area contributed by atoms with Crippen molar-refractivity contribution in [3.8, 4) is 0 Å². The first-order valence-electron chi connectivity index (χ1n) is 12.9. The summed E-state index contributed by atoms with van der Waals surface area (Å²) in [5.41, 5.74) is 3.26. The van der Waals surface area contributed by atoms with E-state index in [0.29, 0.717) is 41.4 Å². The van der Waals surface area contributed by atoms with Crippen LogP contribution < -0.4 is 5.43 Å². The molecule has 38 heavy (non-hydrogen) atoms. The van der Waals surface area contributed by atoms with Crippen LogP contribution in [0.5, 0.6) is 0 Å². The molecular weight excluding hydrogens is 503 g/mol. The SMILES string of the molecule is C=N/C=C(\N=C)N1CCCC(N(Cc2ccnc(C)c2)Cc2cn(C3CC3)c3cc(Cl)c(F)cc3c2=O)C1. The van der Waals surface area contributed by atoms with Crippen LogP contribution in [0.4, 0.5) is 4.39 Å². The number of piperidine rings is 1. The number of aromatic nitrogens is 2. The molecule has 3 aromatic rings. The van der Waals surface area contributed by atoms with Crippen molar-refractivity contribution in [1.29, 1.82) is 0 Å². The van der Waals surface area contributed by atoms with Crippen LogP contribution in [0, 0.1) is 12.7 Å². The normalized spacial score (nSPS) is 18.3. The molecule has 2 aromatic heterocycles. The Bertz CT molecular complexity index is 1460. The Morgan fingerprint density at radius 3 is 2.79 bits per heavy atom. The van der Waals surface area contributed by atoms with Crippen LogP contribution in [-0.2, 0) is 13.1 Å². The molecule has 1 saturated heterocycles. The van der Waals surface area contributed by atoms with Crippen LogP contribution >= 0.6 is 11.6 Å². The van der Waals surface area contributed by atoms with Gasteiger partial charge in [-0.2, -0.15) is 0 Å². The second kappa shape index (κ2) is 11.2. The second-order valence-electron chi connectivity index (χ2n) is 10.2. The first-order chi connectivity index (χ1) is 18.4. The van der Waals surface area contributed by atoms with E-state index in [1.807, 2.05) is 25.4 Å². The predicted octanol–water partition coefficient (Wildman–Crippen LogP) is 5.50. The summed E-state index contributed by atoms with van der Waals surface area (Å²) in [4.78, 5) is 30.6. The maximum Gasteiger partial charge on any atom is 0.193 e. The van der Waals surface area contributed by atoms with Gasteiger partial charge in [0, 0.05) is 67.3 Å². The molecule has 1 aliphatic carbocycles. The number of aryl methyl sites for hydroxylation is 1. The number of fused-ring (bicyclic) bond motifs is 1. The molecule has 0 N–H and O–H groups in total. The average Bonchev–Trinajstić information content (AvgIpc) is 3.75. The molecule has 5 rings (SSSR count). The van der Waals surface area contributed by atoms with Crippen LogP contribution in [0.1, 0.15) is 48.5 Å². The molecule has 198 valence electrons. The van der Waals surface area contributed by atoms with E-state index < -0.39 is 5.82 Å². The van der Waals surface area contributed by atoms with Crippen LogP contribution in [0.3, 0.4) is 0 Å². The van der Waals surface area contributed by atoms with Gasteiger partial charge in [-0.15, -0.1) is 0 Å². The molecule has 1 aliphatic heterocycles. The second-order valence-corrected chi connectivity index (χ2v) is 10.6. The number of pyridine rings is 2. The van der Waals surface area contributed by atoms with Gasteiger partial charge in [0.15, 0.2) is 5.43 Å². The average molecular weight is 535 g/mol. The topological polar surface area (TPSA) is 66.1 Å². The van der Waals surface area contributed by atoms with Crippen LogP contribution in [0.2, 0.25) is 5.02 Å². The zero-order valence-corrected chi connectivity index (χ0v) is 22.4. The van der Waals surface area contributed by atoms with Crippen molar-refractivity contribution >= 4 is 35.9 Å². The quantitative estimate of drug-likeness (QED) is 0.340. The minimum absolute atomic E-state index is 0.0322. The summed E-state index contributed by atoms with van der Waals surface area (Å²) in [7, 11) is 0. The number of hydrogen-bond donors (Lipinski definition) is 0. The fourth-order valence-corrected chi connectivity index (χ4v) is 5.56. The highest BCUT2D eigenvalue weighted by Crippen LogP contribution is 2.38. The largest absolute Gasteiger partial charge is 0.354 e. The molecule has 0 amide bonds. The van der Waals surface area contributed by atoms with E-state index in [4.69, 9.17) is 11.6 Å². The summed E-state index contributed by atoms with van der Waals surface area (Å²) in [5.74, 6) is 0.119. The van der Waals surface area contributed by atoms with Crippen molar-refractivity contribution in [2.24, 2.45) is 9.98 Å². The van der Waals surface area contributed by atoms with E-state index in [9.17, 15) is 9.18 Å². The van der Waals surface area contributed by atoms with Gasteiger partial charge in [-0.05, 0) is 75.9 Å². The summed E-state index contributed by atoms with van der Waals surface area (Å²) in [6.07, 6.45) is 9.41. The fourth-order valence-electron chi connectivity index (χ4n) is 5.40. The van der Waals surface area contributed by atoms with Crippen molar-refractivity contribution in [2.45, 2.75) is 57.8 Å². The molecule has 1 saturated carbocycles. The molecule has 2 fully saturated rings. The van der Waals surface area contributed by atoms with Crippen molar-refractivity contribution in [3.05, 3.63) is 86.6 Å². The summed E-state index contributed by atoms with van der Waals surface area (Å²) >= 11 is 6.10. The Balaban J connectivity index is 1.54. The lowest BCUT2D eigenvalue weighted by Crippen LogP contribution is -2.47. The smallest absolute Gasteiger partial charge is 0.193 e. The first kappa shape index (κ1) is 26.3. The van der Waals surface area contributed by atoms with E-state index in [-0.39, 0.29) is 16.5 Å². The highest BCUT2D eigenvalue weighted by Gasteiger charge is 2.30. The number of halogens is 2. The fraction of sp³-hybridized carbons (Fsp3) is 0.379. The van der Waals surface area contributed by atoms with Gasteiger partial charge in [-0.1, -0.05) is 11.6 Å². The zero-order valence-electron chi connectivity index (χ0n) is 21.6. The van der Waals surface area contributed by atoms with E-state index >= 15 is 0 Å². The van der Waals surface area contributed by atoms with Crippen molar-refractivity contribution in [2.75, 3.05) is 13.1 Å². The van der Waals surface area contributed by atoms with Gasteiger partial charge in [-0.25, -0.2) is 9.38 Å². The van der Waals surface area contributed by atoms with Gasteiger partial charge in [-0.3, -0.25) is 19.7 Å². The third-order valence-electron chi connectivity index (χ3n) is 7.41. The molecule has 3 heterocycles. The van der Waals surface area contributed by atoms with Gasteiger partial charge in [0.25, 0.3) is 0 Å². The minimum Gasteiger partial charge on any atom is -0.354 e. The van der Waals surface area contributed by atoms with Crippen LogP contribution in [0.15, 0.2) is 63.5 Å². The number of nitrogens with zero attached hydrogens (tertiary/aromatic N) is 6. The lowest BCUT2D eigenvalue weighted by molar-refractivity contribution is 0.101. The maximum absolute atomic E-state index is 14.5. The van der Waals surface area contributed by atoms with E-state index in [1.54, 1.807) is 12.3 Å². The molecule has 1 unspecified atom stereocenters. The number of benzene rings is 1. The van der Waals surface area contributed by atoms with E-state index in [1.165, 1.54) is 6.07 Å². The van der Waals surface area contributed by atoms with E-state index in [0.717, 1.165) is 50.0 Å². The van der Waals surface area contributed by atoms with Gasteiger partial charge in [0.05, 0.1) is 16.7 Å². The molecule has 1 aromatic carbocycles. The third kappa shape index (κ3) is 5.56. The summed E-state index contributed by atoms with van der Waals surface area (Å²) < 4.78 is 16.6. The molecule has 9 heteroatoms. The number of rotatable bonds is 9. The monoisotopic (exact) mass is 534 g/mol. The summed E-state index contributed by atoms with van der Waals surface area (Å²) in [5, 5.41) is 0.407. The lowest BCUT2D eigenvalue weighted by atomic mass is 10.0. The summed E-state index contributed by atoms with van der Waals surface area (Å²) in [6, 6.07) is 7.41. The zero-order chi connectivity index (χ0) is 26.8. The Morgan fingerprint density at radius 1 is 1.26 bits per heavy atom. The van der Waals surface area contributed by atoms with Gasteiger partial charge >= 0.3 is 0 Å². The molecule has 0 spiro atoms. The standard InChI is InChI=1S/C29H32ClFN6O/c1-19-11-20(8-9-34-19)15-36(23-5-4-10-35(18-23)28(33-3)14-32-2)16-21-17-37(22-6-7-22)27-13-25(30)26(31)12-24(27)29(21)38/h8-9,11-14,17,22-23H,2-7,10,15-16,18H2,1H3/b28-14+. The van der Waals surface area contributed by atoms with Crippen molar-refractivity contribution in [3.63, 3.8) is 0 Å². The van der Waals surface area contributed by atoms with Crippen molar-refractivity contribution in [1.82, 2.24) is 19.4 Å². The molecular formula is C29H32ClFN6O. The Morgan fingerprint density at radius 2 is 2.08 bits per heavy atom. The maximum atomic E-state index is 14.5. The number of likely N-dealkylation sites (tertiary alicyclic amines) is 1. The Kier molecular flexibility index (Phi) is 7.72. The molecule has 2 aliphatic rings. The molecule has 0 radical (unpaired) electrons. The van der Waals surface area contributed by atoms with Gasteiger partial charge < -0.3 is 9.47 Å². The summed E-state index contributed by atoms with van der Waals surface area (Å²) in [6.45, 7) is 11.9. The lowest BCUT2D eigenvalue weighted by Gasteiger charge is -2.40. The third-order valence-corrected chi connectivity index (χ3v) is 7.70. The van der Waals surface area contributed by atoms with Crippen LogP contribution in [-0.4, -0.2) is 51.9 Å². The van der Waals surface area contributed by atoms with E-state index in [2.05, 4.69) is 48.8 Å². The van der Waals surface area contributed by atoms with Crippen LogP contribution in [0.25, 0.3) is 10.9 Å². The Labute approximate surface area is 227 Å². The number of hydrogen-bond acceptors (Lipinski definition) is 6. The predicted molar refractivity (Wildman–Crippen MR) is 151 cm³/mol. The van der Waals surface area contributed by atoms with Gasteiger partial charge in [0.2, 0.25) is 0 Å². The Hall–Kier alpha value is -3.36. The molecule has 0 bridgehead atoms. The highest BCUT2D eigenvalue weighted by atomic mass is 35.5. The molecule has 1 atom stereocenters. The number of aliphatic imine (C=N–C) groups is 2. The van der Waals surface area contributed by atoms with Crippen molar-refractivity contribution < 1.29 is 4.39 Å². The minimum atomic E-state index is -0.574. The first-order valence-corrected chi connectivity index (χ1v) is 13.3. The highest BCUT2D eigenvalue weighted by molar-refractivity contribution is 6.31. The van der Waals surface area contributed by atoms with Gasteiger partial charge in [0.1, 0.15) is 11.6 Å².